The van der Waals surface area contributed by atoms with Crippen LogP contribution in [0.25, 0.3) is 0 Å². The Morgan fingerprint density at radius 3 is 2.44 bits per heavy atom. The maximum absolute atomic E-state index is 12.5. The Morgan fingerprint density at radius 1 is 1.08 bits per heavy atom. The minimum absolute atomic E-state index is 0.204. The van der Waals surface area contributed by atoms with Crippen LogP contribution in [0.15, 0.2) is 24.3 Å². The largest absolute Gasteiger partial charge is 0.339 e. The van der Waals surface area contributed by atoms with Crippen molar-refractivity contribution in [3.8, 4) is 0 Å². The third-order valence-electron chi connectivity index (χ3n) is 6.50. The van der Waals surface area contributed by atoms with Crippen molar-refractivity contribution in [3.63, 3.8) is 0 Å². The van der Waals surface area contributed by atoms with E-state index in [2.05, 4.69) is 37.8 Å². The number of fused-ring (bicyclic) bond motifs is 2. The summed E-state index contributed by atoms with van der Waals surface area (Å²) in [5.41, 5.74) is 3.14. The molecule has 2 saturated heterocycles. The van der Waals surface area contributed by atoms with E-state index in [4.69, 9.17) is 0 Å². The SMILES string of the molecule is CC1(C)CC2CC(C)(CN2Cc2ccc(C(=O)N3CCCC3)cc2)C1. The molecule has 3 nitrogen and oxygen atoms in total. The number of amides is 1. The van der Waals surface area contributed by atoms with E-state index in [0.29, 0.717) is 10.8 Å². The third-order valence-corrected chi connectivity index (χ3v) is 6.50. The molecule has 1 aromatic rings. The van der Waals surface area contributed by atoms with Gasteiger partial charge in [-0.05, 0) is 60.6 Å². The van der Waals surface area contributed by atoms with Crippen molar-refractivity contribution in [3.05, 3.63) is 35.4 Å². The molecule has 2 heterocycles. The van der Waals surface area contributed by atoms with Crippen molar-refractivity contribution in [2.75, 3.05) is 19.6 Å². The Labute approximate surface area is 152 Å². The summed E-state index contributed by atoms with van der Waals surface area (Å²) < 4.78 is 0. The number of carbonyl (C=O) groups is 1. The normalized spacial score (nSPS) is 31.5. The van der Waals surface area contributed by atoms with Crippen molar-refractivity contribution in [1.29, 1.82) is 0 Å². The second kappa shape index (κ2) is 6.12. The molecule has 2 atom stereocenters. The molecule has 1 amide bonds. The van der Waals surface area contributed by atoms with Gasteiger partial charge < -0.3 is 4.90 Å². The number of nitrogens with zero attached hydrogens (tertiary/aromatic N) is 2. The molecule has 136 valence electrons. The minimum atomic E-state index is 0.204. The van der Waals surface area contributed by atoms with E-state index in [1.807, 2.05) is 17.0 Å². The van der Waals surface area contributed by atoms with Crippen molar-refractivity contribution in [2.24, 2.45) is 10.8 Å². The number of hydrogen-bond donors (Lipinski definition) is 0. The zero-order valence-electron chi connectivity index (χ0n) is 16.1. The van der Waals surface area contributed by atoms with Gasteiger partial charge >= 0.3 is 0 Å². The monoisotopic (exact) mass is 340 g/mol. The Balaban J connectivity index is 1.43. The summed E-state index contributed by atoms with van der Waals surface area (Å²) >= 11 is 0. The topological polar surface area (TPSA) is 23.6 Å². The van der Waals surface area contributed by atoms with E-state index in [1.54, 1.807) is 0 Å². The van der Waals surface area contributed by atoms with Gasteiger partial charge in [0.05, 0.1) is 0 Å². The second-order valence-electron chi connectivity index (χ2n) is 9.81. The second-order valence-corrected chi connectivity index (χ2v) is 9.81. The molecule has 2 bridgehead atoms. The number of benzene rings is 1. The van der Waals surface area contributed by atoms with Crippen LogP contribution < -0.4 is 0 Å². The first-order valence-electron chi connectivity index (χ1n) is 9.96. The third kappa shape index (κ3) is 3.48. The highest BCUT2D eigenvalue weighted by Gasteiger charge is 2.49. The van der Waals surface area contributed by atoms with Crippen LogP contribution in [-0.2, 0) is 6.54 Å². The van der Waals surface area contributed by atoms with Crippen LogP contribution in [0.4, 0.5) is 0 Å². The van der Waals surface area contributed by atoms with Gasteiger partial charge in [0.25, 0.3) is 5.91 Å². The zero-order chi connectivity index (χ0) is 17.7. The molecule has 1 aliphatic carbocycles. The molecule has 0 radical (unpaired) electrons. The van der Waals surface area contributed by atoms with Crippen molar-refractivity contribution in [2.45, 2.75) is 65.5 Å². The first-order chi connectivity index (χ1) is 11.8. The van der Waals surface area contributed by atoms with Gasteiger partial charge in [0.2, 0.25) is 0 Å². The molecular weight excluding hydrogens is 308 g/mol. The molecular formula is C22H32N2O. The molecule has 25 heavy (non-hydrogen) atoms. The number of carbonyl (C=O) groups excluding carboxylic acids is 1. The van der Waals surface area contributed by atoms with E-state index < -0.39 is 0 Å². The lowest BCUT2D eigenvalue weighted by Crippen LogP contribution is -2.34. The summed E-state index contributed by atoms with van der Waals surface area (Å²) in [5.74, 6) is 0.204. The Kier molecular flexibility index (Phi) is 4.18. The highest BCUT2D eigenvalue weighted by molar-refractivity contribution is 5.94. The average Bonchev–Trinajstić information content (AvgIpc) is 3.13. The molecule has 0 spiro atoms. The van der Waals surface area contributed by atoms with E-state index >= 15 is 0 Å². The summed E-state index contributed by atoms with van der Waals surface area (Å²) in [5, 5.41) is 0. The van der Waals surface area contributed by atoms with E-state index in [0.717, 1.165) is 44.1 Å². The van der Waals surface area contributed by atoms with Gasteiger partial charge in [0, 0.05) is 37.8 Å². The van der Waals surface area contributed by atoms with Crippen LogP contribution in [0.2, 0.25) is 0 Å². The number of likely N-dealkylation sites (tertiary alicyclic amines) is 2. The van der Waals surface area contributed by atoms with Gasteiger partial charge in [0.1, 0.15) is 0 Å². The standard InChI is InChI=1S/C22H32N2O/c1-21(2)12-19-13-22(3,15-21)16-24(19)14-17-6-8-18(9-7-17)20(25)23-10-4-5-11-23/h6-9,19H,4-5,10-16H2,1-3H3. The van der Waals surface area contributed by atoms with Crippen LogP contribution in [0.3, 0.4) is 0 Å². The molecule has 2 unspecified atom stereocenters. The maximum Gasteiger partial charge on any atom is 0.253 e. The number of rotatable bonds is 3. The van der Waals surface area contributed by atoms with Crippen LogP contribution in [-0.4, -0.2) is 41.4 Å². The highest BCUT2D eigenvalue weighted by atomic mass is 16.2. The van der Waals surface area contributed by atoms with Gasteiger partial charge in [-0.1, -0.05) is 32.9 Å². The molecule has 0 aromatic heterocycles. The molecule has 4 rings (SSSR count). The molecule has 3 aliphatic rings. The Hall–Kier alpha value is -1.35. The summed E-state index contributed by atoms with van der Waals surface area (Å²) in [6, 6.07) is 9.12. The van der Waals surface area contributed by atoms with Gasteiger partial charge in [-0.3, -0.25) is 9.69 Å². The molecule has 2 aliphatic heterocycles. The van der Waals surface area contributed by atoms with E-state index in [-0.39, 0.29) is 5.91 Å². The molecule has 3 fully saturated rings. The van der Waals surface area contributed by atoms with Gasteiger partial charge in [-0.2, -0.15) is 0 Å². The Bertz CT molecular complexity index is 644. The summed E-state index contributed by atoms with van der Waals surface area (Å²) in [6.07, 6.45) is 6.30. The number of hydrogen-bond acceptors (Lipinski definition) is 2. The fourth-order valence-corrected chi connectivity index (χ4v) is 5.85. The van der Waals surface area contributed by atoms with Crippen LogP contribution >= 0.6 is 0 Å². The quantitative estimate of drug-likeness (QED) is 0.818. The molecule has 1 saturated carbocycles. The lowest BCUT2D eigenvalue weighted by molar-refractivity contribution is 0.0792. The van der Waals surface area contributed by atoms with Crippen LogP contribution in [0.1, 0.15) is 68.8 Å². The van der Waals surface area contributed by atoms with Gasteiger partial charge in [-0.25, -0.2) is 0 Å². The van der Waals surface area contributed by atoms with Crippen molar-refractivity contribution >= 4 is 5.91 Å². The maximum atomic E-state index is 12.5. The fourth-order valence-electron chi connectivity index (χ4n) is 5.85. The average molecular weight is 341 g/mol. The fraction of sp³-hybridized carbons (Fsp3) is 0.682. The predicted molar refractivity (Wildman–Crippen MR) is 102 cm³/mol. The zero-order valence-corrected chi connectivity index (χ0v) is 16.1. The van der Waals surface area contributed by atoms with Crippen molar-refractivity contribution in [1.82, 2.24) is 9.80 Å². The first kappa shape index (κ1) is 17.1. The van der Waals surface area contributed by atoms with E-state index in [9.17, 15) is 4.79 Å². The highest BCUT2D eigenvalue weighted by Crippen LogP contribution is 2.52. The summed E-state index contributed by atoms with van der Waals surface area (Å²) in [6.45, 7) is 11.4. The smallest absolute Gasteiger partial charge is 0.253 e. The van der Waals surface area contributed by atoms with Gasteiger partial charge in [-0.15, -0.1) is 0 Å². The van der Waals surface area contributed by atoms with Crippen LogP contribution in [0.5, 0.6) is 0 Å². The van der Waals surface area contributed by atoms with Crippen LogP contribution in [0, 0.1) is 10.8 Å². The molecule has 0 N–H and O–H groups in total. The Morgan fingerprint density at radius 2 is 1.76 bits per heavy atom. The lowest BCUT2D eigenvalue weighted by atomic mass is 9.65. The predicted octanol–water partition coefficient (Wildman–Crippen LogP) is 4.32. The van der Waals surface area contributed by atoms with E-state index in [1.165, 1.54) is 31.4 Å². The first-order valence-corrected chi connectivity index (χ1v) is 9.96. The summed E-state index contributed by atoms with van der Waals surface area (Å²) in [4.78, 5) is 17.2. The van der Waals surface area contributed by atoms with Crippen molar-refractivity contribution < 1.29 is 4.79 Å². The minimum Gasteiger partial charge on any atom is -0.339 e. The summed E-state index contributed by atoms with van der Waals surface area (Å²) in [7, 11) is 0. The molecule has 3 heteroatoms. The lowest BCUT2D eigenvalue weighted by Gasteiger charge is -2.40. The van der Waals surface area contributed by atoms with Gasteiger partial charge in [0.15, 0.2) is 0 Å². The molecule has 1 aromatic carbocycles.